The molecule has 0 unspecified atom stereocenters. The van der Waals surface area contributed by atoms with Crippen molar-refractivity contribution in [3.8, 4) is 0 Å². The van der Waals surface area contributed by atoms with E-state index in [4.69, 9.17) is 0 Å². The number of hydrogen-bond donors (Lipinski definition) is 0. The summed E-state index contributed by atoms with van der Waals surface area (Å²) in [6.07, 6.45) is 8.65. The Morgan fingerprint density at radius 3 is 2.33 bits per heavy atom. The topological polar surface area (TPSA) is 8.29 Å². The van der Waals surface area contributed by atoms with E-state index in [1.54, 1.807) is 0 Å². The molecule has 0 N–H and O–H groups in total. The van der Waals surface area contributed by atoms with Crippen molar-refractivity contribution in [3.63, 3.8) is 0 Å². The smallest absolute Gasteiger partial charge is 0.224 e. The van der Waals surface area contributed by atoms with Crippen molar-refractivity contribution in [2.75, 3.05) is 0 Å². The van der Waals surface area contributed by atoms with Gasteiger partial charge in [0, 0.05) is 16.8 Å². The van der Waals surface area contributed by atoms with Crippen LogP contribution in [0.5, 0.6) is 0 Å². The maximum absolute atomic E-state index is 2.70. The van der Waals surface area contributed by atoms with E-state index in [-0.39, 0.29) is 5.41 Å². The summed E-state index contributed by atoms with van der Waals surface area (Å²) in [4.78, 5) is 0. The third kappa shape index (κ3) is 3.25. The SMILES string of the molecule is Cc1ccc2c(CC(C)(C)C)c3c(c(C)c2c1)c1c2c(ccc4c5ccc(C6CCCC6)cc5n3c42)cc[n+]1C. The fourth-order valence-electron chi connectivity index (χ4n) is 8.08. The molecule has 1 fully saturated rings. The third-order valence-corrected chi connectivity index (χ3v) is 9.85. The Labute approximate surface area is 236 Å². The lowest BCUT2D eigenvalue weighted by molar-refractivity contribution is -0.643. The summed E-state index contributed by atoms with van der Waals surface area (Å²) in [6, 6.07) is 21.6. The lowest BCUT2D eigenvalue weighted by Gasteiger charge is -2.24. The van der Waals surface area contributed by atoms with Crippen molar-refractivity contribution in [2.24, 2.45) is 12.5 Å². The van der Waals surface area contributed by atoms with Crippen LogP contribution in [-0.2, 0) is 13.5 Å². The first-order chi connectivity index (χ1) is 19.2. The predicted molar refractivity (Wildman–Crippen MR) is 171 cm³/mol. The molecule has 0 spiro atoms. The number of hydrogen-bond acceptors (Lipinski definition) is 0. The Balaban J connectivity index is 1.71. The molecule has 2 heteroatoms. The van der Waals surface area contributed by atoms with Crippen LogP contribution in [-0.4, -0.2) is 4.40 Å². The van der Waals surface area contributed by atoms with Crippen molar-refractivity contribution in [2.45, 2.75) is 72.6 Å². The summed E-state index contributed by atoms with van der Waals surface area (Å²) in [5.74, 6) is 0.693. The fourth-order valence-corrected chi connectivity index (χ4v) is 8.08. The van der Waals surface area contributed by atoms with Gasteiger partial charge in [-0.3, -0.25) is 0 Å². The highest BCUT2D eigenvalue weighted by Gasteiger charge is 2.29. The summed E-state index contributed by atoms with van der Waals surface area (Å²) in [5, 5.41) is 9.70. The molecular formula is C38H39N2+. The van der Waals surface area contributed by atoms with Gasteiger partial charge in [0.15, 0.2) is 6.20 Å². The molecule has 0 atom stereocenters. The number of rotatable bonds is 2. The minimum Gasteiger partial charge on any atom is -0.307 e. The minimum atomic E-state index is 0.156. The highest BCUT2D eigenvalue weighted by atomic mass is 15.0. The summed E-state index contributed by atoms with van der Waals surface area (Å²) in [6.45, 7) is 11.8. The van der Waals surface area contributed by atoms with Crippen LogP contribution >= 0.6 is 0 Å². The van der Waals surface area contributed by atoms with Gasteiger partial charge in [0.1, 0.15) is 7.05 Å². The number of nitrogens with zero attached hydrogens (tertiary/aromatic N) is 2. The van der Waals surface area contributed by atoms with Crippen LogP contribution < -0.4 is 4.57 Å². The summed E-state index contributed by atoms with van der Waals surface area (Å²) < 4.78 is 5.07. The molecule has 1 aliphatic carbocycles. The van der Waals surface area contributed by atoms with Gasteiger partial charge in [0.25, 0.3) is 0 Å². The Morgan fingerprint density at radius 2 is 1.55 bits per heavy atom. The van der Waals surface area contributed by atoms with Gasteiger partial charge in [-0.1, -0.05) is 81.6 Å². The van der Waals surface area contributed by atoms with Crippen molar-refractivity contribution < 1.29 is 4.57 Å². The zero-order valence-electron chi connectivity index (χ0n) is 24.8. The third-order valence-electron chi connectivity index (χ3n) is 9.85. The van der Waals surface area contributed by atoms with Crippen molar-refractivity contribution >= 4 is 59.8 Å². The van der Waals surface area contributed by atoms with Gasteiger partial charge in [-0.15, -0.1) is 0 Å². The van der Waals surface area contributed by atoms with Crippen LogP contribution in [0.3, 0.4) is 0 Å². The molecule has 4 aromatic carbocycles. The van der Waals surface area contributed by atoms with Gasteiger partial charge < -0.3 is 4.40 Å². The molecule has 3 heterocycles. The van der Waals surface area contributed by atoms with Crippen molar-refractivity contribution in [1.29, 1.82) is 0 Å². The Bertz CT molecular complexity index is 2150. The lowest BCUT2D eigenvalue weighted by Crippen LogP contribution is -2.29. The van der Waals surface area contributed by atoms with Crippen LogP contribution in [0.15, 0.2) is 60.8 Å². The molecule has 0 bridgehead atoms. The highest BCUT2D eigenvalue weighted by molar-refractivity contribution is 6.29. The Kier molecular flexibility index (Phi) is 4.95. The summed E-state index contributed by atoms with van der Waals surface area (Å²) in [7, 11) is 2.23. The van der Waals surface area contributed by atoms with E-state index in [0.29, 0.717) is 5.92 Å². The monoisotopic (exact) mass is 523 g/mol. The second-order valence-corrected chi connectivity index (χ2v) is 13.9. The van der Waals surface area contributed by atoms with Crippen LogP contribution in [0, 0.1) is 19.3 Å². The van der Waals surface area contributed by atoms with E-state index in [0.717, 1.165) is 6.42 Å². The molecule has 40 heavy (non-hydrogen) atoms. The van der Waals surface area contributed by atoms with E-state index in [9.17, 15) is 0 Å². The maximum atomic E-state index is 2.70. The molecule has 8 rings (SSSR count). The molecule has 7 aromatic rings. The van der Waals surface area contributed by atoms with Gasteiger partial charge in [0.05, 0.1) is 27.3 Å². The molecule has 0 saturated heterocycles. The zero-order valence-corrected chi connectivity index (χ0v) is 24.8. The number of fused-ring (bicyclic) bond motifs is 7. The first-order valence-corrected chi connectivity index (χ1v) is 15.2. The fraction of sp³-hybridized carbons (Fsp3) is 0.342. The minimum absolute atomic E-state index is 0.156. The molecule has 3 aromatic heterocycles. The van der Waals surface area contributed by atoms with Crippen LogP contribution in [0.4, 0.5) is 0 Å². The molecule has 1 aliphatic rings. The molecule has 2 nitrogen and oxygen atoms in total. The van der Waals surface area contributed by atoms with Gasteiger partial charge in [-0.05, 0) is 83.4 Å². The molecule has 0 radical (unpaired) electrons. The van der Waals surface area contributed by atoms with Crippen molar-refractivity contribution in [1.82, 2.24) is 4.40 Å². The molecule has 0 aliphatic heterocycles. The van der Waals surface area contributed by atoms with E-state index < -0.39 is 0 Å². The summed E-state index contributed by atoms with van der Waals surface area (Å²) >= 11 is 0. The molecule has 1 saturated carbocycles. The Hall–Kier alpha value is -3.65. The van der Waals surface area contributed by atoms with Crippen LogP contribution in [0.25, 0.3) is 59.8 Å². The van der Waals surface area contributed by atoms with E-state index >= 15 is 0 Å². The van der Waals surface area contributed by atoms with Gasteiger partial charge in [-0.25, -0.2) is 4.57 Å². The first kappa shape index (κ1) is 24.2. The Morgan fingerprint density at radius 1 is 0.800 bits per heavy atom. The largest absolute Gasteiger partial charge is 0.307 e. The zero-order chi connectivity index (χ0) is 27.5. The van der Waals surface area contributed by atoms with E-state index in [1.165, 1.54) is 108 Å². The van der Waals surface area contributed by atoms with Gasteiger partial charge in [-0.2, -0.15) is 0 Å². The first-order valence-electron chi connectivity index (χ1n) is 15.2. The van der Waals surface area contributed by atoms with Crippen LogP contribution in [0.1, 0.15) is 74.6 Å². The predicted octanol–water partition coefficient (Wildman–Crippen LogP) is 9.83. The number of aromatic nitrogens is 2. The lowest BCUT2D eigenvalue weighted by atomic mass is 9.83. The number of benzene rings is 4. The van der Waals surface area contributed by atoms with Crippen molar-refractivity contribution in [3.05, 3.63) is 83.0 Å². The number of aryl methyl sites for hydroxylation is 3. The molecule has 0 amide bonds. The highest BCUT2D eigenvalue weighted by Crippen LogP contribution is 2.46. The second kappa shape index (κ2) is 8.19. The quantitative estimate of drug-likeness (QED) is 0.121. The number of pyridine rings is 2. The van der Waals surface area contributed by atoms with Crippen LogP contribution in [0.2, 0.25) is 0 Å². The maximum Gasteiger partial charge on any atom is 0.224 e. The average Bonchev–Trinajstić information content (AvgIpc) is 3.57. The second-order valence-electron chi connectivity index (χ2n) is 13.9. The van der Waals surface area contributed by atoms with E-state index in [2.05, 4.69) is 111 Å². The molecular weight excluding hydrogens is 484 g/mol. The average molecular weight is 524 g/mol. The molecule has 200 valence electrons. The standard InChI is InChI=1S/C38H39N2/c1-22-11-14-27-30(19-22)23(2)33-36(31(27)21-38(3,4)5)40-32-20-26(24-9-7-8-10-24)13-15-28(32)29-16-12-25-17-18-39(6)37(33)34(25)35(29)40/h11-20,24H,7-10,21H2,1-6H3/q+1. The summed E-state index contributed by atoms with van der Waals surface area (Å²) in [5.41, 5.74) is 11.4. The van der Waals surface area contributed by atoms with Gasteiger partial charge >= 0.3 is 0 Å². The normalized spacial score (nSPS) is 15.3. The van der Waals surface area contributed by atoms with E-state index in [1.807, 2.05) is 0 Å². The van der Waals surface area contributed by atoms with Gasteiger partial charge in [0.2, 0.25) is 5.52 Å².